The second-order valence-corrected chi connectivity index (χ2v) is 11.9. The number of morpholine rings is 1. The van der Waals surface area contributed by atoms with E-state index in [1.165, 1.54) is 7.11 Å². The molecule has 0 aliphatic carbocycles. The maximum absolute atomic E-state index is 12.5. The Bertz CT molecular complexity index is 1770. The van der Waals surface area contributed by atoms with Crippen LogP contribution in [0.1, 0.15) is 45.4 Å². The fourth-order valence-electron chi connectivity index (χ4n) is 5.38. The third-order valence-corrected chi connectivity index (χ3v) is 8.22. The molecule has 1 aromatic carbocycles. The summed E-state index contributed by atoms with van der Waals surface area (Å²) in [5, 5.41) is 12.8. The fourth-order valence-corrected chi connectivity index (χ4v) is 5.38. The highest BCUT2D eigenvalue weighted by Gasteiger charge is 2.23. The van der Waals surface area contributed by atoms with Crippen molar-refractivity contribution in [2.24, 2.45) is 0 Å². The number of pyridine rings is 1. The van der Waals surface area contributed by atoms with Crippen molar-refractivity contribution in [3.63, 3.8) is 0 Å². The number of ether oxygens (including phenoxy) is 6. The molecule has 16 heteroatoms. The number of hydrogen-bond donors (Lipinski definition) is 2. The van der Waals surface area contributed by atoms with Crippen molar-refractivity contribution in [1.82, 2.24) is 20.3 Å². The van der Waals surface area contributed by atoms with Gasteiger partial charge in [0.1, 0.15) is 17.9 Å². The summed E-state index contributed by atoms with van der Waals surface area (Å²) < 4.78 is 38.1. The Morgan fingerprint density at radius 2 is 1.88 bits per heavy atom. The third-order valence-electron chi connectivity index (χ3n) is 8.22. The SMILES string of the molecule is CCC(CO)OC(COC(=O)CCCC(=O)NCCCCOC(=O)Oc1cccc(-c2nc(N3CCOCC3)c3oc4ncccc4c3n2)c1)OC. The van der Waals surface area contributed by atoms with Crippen molar-refractivity contribution in [2.45, 2.75) is 57.8 Å². The standard InChI is InChI=1S/C36H45N5O11/c1-3-25(22-42)50-30(46-2)23-49-29(44)13-7-12-28(43)37-14-4-5-18-48-36(45)51-26-10-6-9-24(21-26)33-39-31-27-11-8-15-38-35(27)52-32(31)34(40-33)41-16-19-47-20-17-41/h6,8-11,15,21,25,30,42H,3-5,7,12-14,16-20,22-23H2,1-2H3,(H,37,43). The number of anilines is 1. The first-order valence-corrected chi connectivity index (χ1v) is 17.4. The van der Waals surface area contributed by atoms with Crippen LogP contribution >= 0.6 is 0 Å². The van der Waals surface area contributed by atoms with Crippen LogP contribution in [-0.2, 0) is 33.3 Å². The van der Waals surface area contributed by atoms with Gasteiger partial charge < -0.3 is 48.2 Å². The van der Waals surface area contributed by atoms with Gasteiger partial charge in [-0.05, 0) is 49.9 Å². The Morgan fingerprint density at radius 1 is 1.04 bits per heavy atom. The Hall–Kier alpha value is -4.90. The average Bonchev–Trinajstić information content (AvgIpc) is 3.55. The summed E-state index contributed by atoms with van der Waals surface area (Å²) in [6.45, 7) is 4.52. The lowest BCUT2D eigenvalue weighted by Gasteiger charge is -2.27. The minimum Gasteiger partial charge on any atom is -0.460 e. The minimum atomic E-state index is -0.854. The summed E-state index contributed by atoms with van der Waals surface area (Å²) in [5.74, 6) is 0.684. The lowest BCUT2D eigenvalue weighted by Crippen LogP contribution is -2.37. The summed E-state index contributed by atoms with van der Waals surface area (Å²) in [7, 11) is 1.42. The molecule has 3 aromatic heterocycles. The fraction of sp³-hybridized carbons (Fsp3) is 0.500. The maximum Gasteiger partial charge on any atom is 0.513 e. The quantitative estimate of drug-likeness (QED) is 0.0606. The summed E-state index contributed by atoms with van der Waals surface area (Å²) in [4.78, 5) is 52.7. The zero-order valence-corrected chi connectivity index (χ0v) is 29.4. The number of carbonyl (C=O) groups excluding carboxylic acids is 3. The Labute approximate surface area is 300 Å². The van der Waals surface area contributed by atoms with E-state index in [2.05, 4.69) is 15.2 Å². The highest BCUT2D eigenvalue weighted by molar-refractivity contribution is 6.05. The molecular weight excluding hydrogens is 678 g/mol. The zero-order chi connectivity index (χ0) is 36.7. The van der Waals surface area contributed by atoms with Crippen LogP contribution in [0.25, 0.3) is 33.6 Å². The molecule has 1 fully saturated rings. The number of furan rings is 1. The number of amides is 1. The van der Waals surface area contributed by atoms with Gasteiger partial charge in [-0.2, -0.15) is 0 Å². The third kappa shape index (κ3) is 10.8. The van der Waals surface area contributed by atoms with Crippen LogP contribution in [0.15, 0.2) is 47.0 Å². The van der Waals surface area contributed by atoms with E-state index in [9.17, 15) is 19.5 Å². The van der Waals surface area contributed by atoms with Crippen molar-refractivity contribution in [1.29, 1.82) is 0 Å². The number of nitrogens with one attached hydrogen (secondary N) is 1. The minimum absolute atomic E-state index is 0.0664. The van der Waals surface area contributed by atoms with Crippen molar-refractivity contribution < 1.29 is 52.3 Å². The second kappa shape index (κ2) is 19.6. The summed E-state index contributed by atoms with van der Waals surface area (Å²) in [6, 6.07) is 10.6. The Balaban J connectivity index is 1.02. The molecule has 0 bridgehead atoms. The second-order valence-electron chi connectivity index (χ2n) is 11.9. The van der Waals surface area contributed by atoms with Gasteiger partial charge in [0, 0.05) is 51.3 Å². The number of hydrogen-bond acceptors (Lipinski definition) is 15. The van der Waals surface area contributed by atoms with Crippen LogP contribution in [0.3, 0.4) is 0 Å². The van der Waals surface area contributed by atoms with E-state index < -0.39 is 24.5 Å². The molecular formula is C36H45N5O11. The molecule has 1 saturated heterocycles. The lowest BCUT2D eigenvalue weighted by atomic mass is 10.2. The van der Waals surface area contributed by atoms with E-state index in [0.717, 1.165) is 5.39 Å². The van der Waals surface area contributed by atoms with Crippen molar-refractivity contribution in [3.05, 3.63) is 42.6 Å². The van der Waals surface area contributed by atoms with E-state index in [1.54, 1.807) is 24.4 Å². The molecule has 5 rings (SSSR count). The average molecular weight is 724 g/mol. The number of rotatable bonds is 19. The lowest BCUT2D eigenvalue weighted by molar-refractivity contribution is -0.194. The Morgan fingerprint density at radius 3 is 2.67 bits per heavy atom. The van der Waals surface area contributed by atoms with Gasteiger partial charge in [0.2, 0.25) is 11.6 Å². The van der Waals surface area contributed by atoms with Crippen LogP contribution in [0.5, 0.6) is 5.75 Å². The number of esters is 1. The molecule has 1 aliphatic heterocycles. The number of carbonyl (C=O) groups is 3. The van der Waals surface area contributed by atoms with Gasteiger partial charge in [0.25, 0.3) is 0 Å². The molecule has 2 atom stereocenters. The molecule has 4 heterocycles. The van der Waals surface area contributed by atoms with Crippen molar-refractivity contribution in [3.8, 4) is 17.1 Å². The maximum atomic E-state index is 12.5. The van der Waals surface area contributed by atoms with Crippen LogP contribution < -0.4 is 15.0 Å². The number of aromatic nitrogens is 3. The summed E-state index contributed by atoms with van der Waals surface area (Å²) >= 11 is 0. The first-order chi connectivity index (χ1) is 25.4. The van der Waals surface area contributed by atoms with E-state index in [0.29, 0.717) is 92.6 Å². The van der Waals surface area contributed by atoms with Crippen molar-refractivity contribution in [2.75, 3.05) is 64.7 Å². The molecule has 280 valence electrons. The number of fused-ring (bicyclic) bond motifs is 3. The highest BCUT2D eigenvalue weighted by Crippen LogP contribution is 2.35. The number of aliphatic hydroxyl groups excluding tert-OH is 1. The predicted molar refractivity (Wildman–Crippen MR) is 188 cm³/mol. The number of unbranched alkanes of at least 4 members (excludes halogenated alkanes) is 1. The first-order valence-electron chi connectivity index (χ1n) is 17.4. The van der Waals surface area contributed by atoms with E-state index >= 15 is 0 Å². The normalized spacial score (nSPS) is 14.2. The summed E-state index contributed by atoms with van der Waals surface area (Å²) in [5.41, 5.74) is 2.30. The number of methoxy groups -OCH3 is 1. The van der Waals surface area contributed by atoms with Crippen molar-refractivity contribution >= 4 is 46.0 Å². The number of nitrogens with zero attached hydrogens (tertiary/aromatic N) is 4. The molecule has 16 nitrogen and oxygen atoms in total. The molecule has 1 amide bonds. The van der Waals surface area contributed by atoms with Crippen LogP contribution in [0.4, 0.5) is 10.6 Å². The molecule has 2 unspecified atom stereocenters. The van der Waals surface area contributed by atoms with Crippen LogP contribution in [0, 0.1) is 0 Å². The molecule has 0 spiro atoms. The van der Waals surface area contributed by atoms with E-state index in [1.807, 2.05) is 25.1 Å². The highest BCUT2D eigenvalue weighted by atomic mass is 16.7. The molecule has 1 aliphatic rings. The zero-order valence-electron chi connectivity index (χ0n) is 29.4. The molecule has 4 aromatic rings. The predicted octanol–water partition coefficient (Wildman–Crippen LogP) is 4.16. The van der Waals surface area contributed by atoms with Gasteiger partial charge in [-0.3, -0.25) is 9.59 Å². The largest absolute Gasteiger partial charge is 0.513 e. The van der Waals surface area contributed by atoms with Gasteiger partial charge in [-0.25, -0.2) is 19.7 Å². The van der Waals surface area contributed by atoms with Crippen LogP contribution in [-0.4, -0.2) is 110 Å². The van der Waals surface area contributed by atoms with Gasteiger partial charge in [0.15, 0.2) is 23.5 Å². The number of aliphatic hydroxyl groups is 1. The first kappa shape index (κ1) is 38.3. The summed E-state index contributed by atoms with van der Waals surface area (Å²) in [6.07, 6.45) is 1.84. The number of benzene rings is 1. The monoisotopic (exact) mass is 723 g/mol. The van der Waals surface area contributed by atoms with Gasteiger partial charge >= 0.3 is 12.1 Å². The van der Waals surface area contributed by atoms with E-state index in [4.69, 9.17) is 42.8 Å². The molecule has 52 heavy (non-hydrogen) atoms. The molecule has 2 N–H and O–H groups in total. The van der Waals surface area contributed by atoms with Gasteiger partial charge in [0.05, 0.1) is 37.9 Å². The molecule has 0 radical (unpaired) electrons. The smallest absolute Gasteiger partial charge is 0.460 e. The Kier molecular flexibility index (Phi) is 14.5. The van der Waals surface area contributed by atoms with Crippen LogP contribution in [0.2, 0.25) is 0 Å². The van der Waals surface area contributed by atoms with Gasteiger partial charge in [-0.15, -0.1) is 0 Å². The van der Waals surface area contributed by atoms with Gasteiger partial charge in [-0.1, -0.05) is 19.1 Å². The molecule has 0 saturated carbocycles. The van der Waals surface area contributed by atoms with E-state index in [-0.39, 0.29) is 44.3 Å². The topological polar surface area (TPSA) is 194 Å².